The number of sulfonamides is 1. The largest absolute Gasteiger partial charge is 0.496 e. The minimum Gasteiger partial charge on any atom is -0.496 e. The van der Waals surface area contributed by atoms with Crippen LogP contribution < -0.4 is 14.8 Å². The third-order valence-electron chi connectivity index (χ3n) is 3.91. The van der Waals surface area contributed by atoms with Crippen LogP contribution in [0, 0.1) is 10.1 Å². The van der Waals surface area contributed by atoms with Gasteiger partial charge in [-0.05, 0) is 25.1 Å². The van der Waals surface area contributed by atoms with E-state index in [-0.39, 0.29) is 29.4 Å². The van der Waals surface area contributed by atoms with Crippen LogP contribution in [0.3, 0.4) is 0 Å². The van der Waals surface area contributed by atoms with E-state index in [4.69, 9.17) is 9.47 Å². The summed E-state index contributed by atoms with van der Waals surface area (Å²) >= 11 is 0. The lowest BCUT2D eigenvalue weighted by Crippen LogP contribution is -2.35. The summed E-state index contributed by atoms with van der Waals surface area (Å²) in [4.78, 5) is 10.7. The van der Waals surface area contributed by atoms with E-state index >= 15 is 0 Å². The van der Waals surface area contributed by atoms with Crippen molar-refractivity contribution in [2.75, 3.05) is 26.1 Å². The van der Waals surface area contributed by atoms with Gasteiger partial charge in [-0.2, -0.15) is 0 Å². The molecule has 9 nitrogen and oxygen atoms in total. The molecule has 0 aliphatic heterocycles. The molecule has 1 atom stereocenters. The lowest BCUT2D eigenvalue weighted by molar-refractivity contribution is -0.384. The number of benzene rings is 2. The zero-order chi connectivity index (χ0) is 20.7. The molecule has 0 aliphatic carbocycles. The van der Waals surface area contributed by atoms with Crippen LogP contribution in [0.25, 0.3) is 0 Å². The number of nitrogens with one attached hydrogen (secondary N) is 2. The van der Waals surface area contributed by atoms with E-state index in [0.717, 1.165) is 11.6 Å². The Kier molecular flexibility index (Phi) is 7.32. The van der Waals surface area contributed by atoms with Gasteiger partial charge < -0.3 is 14.8 Å². The molecular weight excluding hydrogens is 386 g/mol. The number of hydrogen-bond acceptors (Lipinski definition) is 7. The molecule has 0 heterocycles. The van der Waals surface area contributed by atoms with Gasteiger partial charge in [0, 0.05) is 31.3 Å². The van der Waals surface area contributed by atoms with Crippen LogP contribution in [-0.2, 0) is 21.3 Å². The average molecular weight is 409 g/mol. The van der Waals surface area contributed by atoms with Gasteiger partial charge in [0.15, 0.2) is 0 Å². The molecule has 2 rings (SSSR count). The first kappa shape index (κ1) is 21.6. The summed E-state index contributed by atoms with van der Waals surface area (Å²) in [5.41, 5.74) is 0.683. The molecule has 0 saturated carbocycles. The fourth-order valence-electron chi connectivity index (χ4n) is 2.64. The third-order valence-corrected chi connectivity index (χ3v) is 5.50. The van der Waals surface area contributed by atoms with Crippen molar-refractivity contribution >= 4 is 21.4 Å². The molecule has 0 spiro atoms. The smallest absolute Gasteiger partial charge is 0.293 e. The van der Waals surface area contributed by atoms with Crippen LogP contribution >= 0.6 is 0 Å². The Morgan fingerprint density at radius 1 is 1.18 bits per heavy atom. The van der Waals surface area contributed by atoms with Gasteiger partial charge in [-0.1, -0.05) is 18.2 Å². The maximum Gasteiger partial charge on any atom is 0.293 e. The summed E-state index contributed by atoms with van der Waals surface area (Å²) in [7, 11) is -0.918. The molecule has 152 valence electrons. The molecule has 0 saturated heterocycles. The highest BCUT2D eigenvalue weighted by atomic mass is 32.2. The van der Waals surface area contributed by atoms with Gasteiger partial charge in [0.2, 0.25) is 10.0 Å². The minimum atomic E-state index is -3.91. The second-order valence-electron chi connectivity index (χ2n) is 6.08. The average Bonchev–Trinajstić information content (AvgIpc) is 2.66. The summed E-state index contributed by atoms with van der Waals surface area (Å²) in [6.07, 6.45) is 0. The maximum absolute atomic E-state index is 12.4. The first-order valence-corrected chi connectivity index (χ1v) is 9.92. The SMILES string of the molecule is COCC(C)NS(=O)(=O)c1ccc(NCc2ccccc2OC)c([N+](=O)[O-])c1. The summed E-state index contributed by atoms with van der Waals surface area (Å²) in [6.45, 7) is 2.10. The molecular formula is C18H23N3O6S. The number of nitrogens with zero attached hydrogens (tertiary/aromatic N) is 1. The van der Waals surface area contributed by atoms with E-state index in [2.05, 4.69) is 10.0 Å². The van der Waals surface area contributed by atoms with Crippen molar-refractivity contribution in [2.24, 2.45) is 0 Å². The van der Waals surface area contributed by atoms with Gasteiger partial charge in [0.05, 0.1) is 23.5 Å². The zero-order valence-electron chi connectivity index (χ0n) is 15.8. The van der Waals surface area contributed by atoms with Crippen molar-refractivity contribution in [2.45, 2.75) is 24.4 Å². The summed E-state index contributed by atoms with van der Waals surface area (Å²) in [6, 6.07) is 10.5. The van der Waals surface area contributed by atoms with Gasteiger partial charge in [-0.15, -0.1) is 0 Å². The molecule has 10 heteroatoms. The van der Waals surface area contributed by atoms with Crippen molar-refractivity contribution < 1.29 is 22.8 Å². The summed E-state index contributed by atoms with van der Waals surface area (Å²) < 4.78 is 37.5. The third kappa shape index (κ3) is 5.41. The van der Waals surface area contributed by atoms with Crippen molar-refractivity contribution in [1.82, 2.24) is 4.72 Å². The van der Waals surface area contributed by atoms with Gasteiger partial charge in [0.1, 0.15) is 11.4 Å². The normalized spacial score (nSPS) is 12.4. The first-order valence-electron chi connectivity index (χ1n) is 8.44. The number of nitro benzene ring substituents is 1. The van der Waals surface area contributed by atoms with Crippen LogP contribution in [0.15, 0.2) is 47.4 Å². The fraction of sp³-hybridized carbons (Fsp3) is 0.333. The molecule has 1 unspecified atom stereocenters. The highest BCUT2D eigenvalue weighted by molar-refractivity contribution is 7.89. The summed E-state index contributed by atoms with van der Waals surface area (Å²) in [5, 5.41) is 14.4. The molecule has 0 bridgehead atoms. The van der Waals surface area contributed by atoms with Crippen LogP contribution in [-0.4, -0.2) is 40.2 Å². The first-order chi connectivity index (χ1) is 13.3. The Bertz CT molecular complexity index is 933. The van der Waals surface area contributed by atoms with Crippen molar-refractivity contribution in [3.8, 4) is 5.75 Å². The van der Waals surface area contributed by atoms with E-state index in [1.807, 2.05) is 18.2 Å². The van der Waals surface area contributed by atoms with Crippen molar-refractivity contribution in [1.29, 1.82) is 0 Å². The Labute approximate surface area is 163 Å². The zero-order valence-corrected chi connectivity index (χ0v) is 16.7. The molecule has 0 aromatic heterocycles. The van der Waals surface area contributed by atoms with Gasteiger partial charge in [-0.3, -0.25) is 10.1 Å². The van der Waals surface area contributed by atoms with Crippen molar-refractivity contribution in [3.05, 3.63) is 58.1 Å². The predicted molar refractivity (Wildman–Crippen MR) is 105 cm³/mol. The van der Waals surface area contributed by atoms with Gasteiger partial charge in [-0.25, -0.2) is 13.1 Å². The number of anilines is 1. The Morgan fingerprint density at radius 2 is 1.89 bits per heavy atom. The van der Waals surface area contributed by atoms with Crippen LogP contribution in [0.5, 0.6) is 5.75 Å². The van der Waals surface area contributed by atoms with Crippen LogP contribution in [0.2, 0.25) is 0 Å². The highest BCUT2D eigenvalue weighted by Crippen LogP contribution is 2.29. The molecule has 0 fully saturated rings. The second kappa shape index (κ2) is 9.49. The second-order valence-corrected chi connectivity index (χ2v) is 7.79. The number of hydrogen-bond donors (Lipinski definition) is 2. The number of methoxy groups -OCH3 is 2. The molecule has 2 aromatic carbocycles. The lowest BCUT2D eigenvalue weighted by atomic mass is 10.2. The monoisotopic (exact) mass is 409 g/mol. The number of rotatable bonds is 10. The molecule has 28 heavy (non-hydrogen) atoms. The number of ether oxygens (including phenoxy) is 2. The quantitative estimate of drug-likeness (QED) is 0.457. The molecule has 0 amide bonds. The molecule has 2 aromatic rings. The Morgan fingerprint density at radius 3 is 2.54 bits per heavy atom. The predicted octanol–water partition coefficient (Wildman–Crippen LogP) is 2.53. The topological polar surface area (TPSA) is 120 Å². The highest BCUT2D eigenvalue weighted by Gasteiger charge is 2.23. The maximum atomic E-state index is 12.4. The van der Waals surface area contributed by atoms with Gasteiger partial charge in [0.25, 0.3) is 5.69 Å². The Balaban J connectivity index is 2.26. The van der Waals surface area contributed by atoms with Crippen LogP contribution in [0.4, 0.5) is 11.4 Å². The minimum absolute atomic E-state index is 0.180. The summed E-state index contributed by atoms with van der Waals surface area (Å²) in [5.74, 6) is 0.646. The van der Waals surface area contributed by atoms with E-state index in [0.29, 0.717) is 5.75 Å². The number of para-hydroxylation sites is 1. The molecule has 0 aliphatic rings. The molecule has 0 radical (unpaired) electrons. The molecule has 2 N–H and O–H groups in total. The standard InChI is InChI=1S/C18H23N3O6S/c1-13(12-26-2)20-28(24,25)15-8-9-16(17(10-15)21(22)23)19-11-14-6-4-5-7-18(14)27-3/h4-10,13,19-20H,11-12H2,1-3H3. The van der Waals surface area contributed by atoms with Crippen molar-refractivity contribution in [3.63, 3.8) is 0 Å². The van der Waals surface area contributed by atoms with E-state index < -0.39 is 21.0 Å². The van der Waals surface area contributed by atoms with E-state index in [1.165, 1.54) is 19.2 Å². The van der Waals surface area contributed by atoms with E-state index in [1.54, 1.807) is 20.1 Å². The number of nitro groups is 1. The van der Waals surface area contributed by atoms with Crippen LogP contribution in [0.1, 0.15) is 12.5 Å². The fourth-order valence-corrected chi connectivity index (χ4v) is 3.88. The Hall–Kier alpha value is -2.69. The van der Waals surface area contributed by atoms with E-state index in [9.17, 15) is 18.5 Å². The lowest BCUT2D eigenvalue weighted by Gasteiger charge is -2.14. The van der Waals surface area contributed by atoms with Gasteiger partial charge >= 0.3 is 0 Å².